The predicted molar refractivity (Wildman–Crippen MR) is 56.3 cm³/mol. The summed E-state index contributed by atoms with van der Waals surface area (Å²) in [6, 6.07) is 4.56. The summed E-state index contributed by atoms with van der Waals surface area (Å²) < 4.78 is 18.6. The third-order valence-corrected chi connectivity index (χ3v) is 2.64. The normalized spacial score (nSPS) is 12.3. The van der Waals surface area contributed by atoms with Crippen LogP contribution in [0.2, 0.25) is 0 Å². The Hall–Kier alpha value is -1.35. The molecule has 0 aliphatic rings. The van der Waals surface area contributed by atoms with Crippen molar-refractivity contribution in [1.29, 1.82) is 0 Å². The summed E-state index contributed by atoms with van der Waals surface area (Å²) in [5.41, 5.74) is 0.846. The van der Waals surface area contributed by atoms with Crippen molar-refractivity contribution in [3.8, 4) is 0 Å². The molecule has 1 aromatic heterocycles. The Labute approximate surface area is 87.3 Å². The molecule has 0 unspecified atom stereocenters. The summed E-state index contributed by atoms with van der Waals surface area (Å²) in [5, 5.41) is 10.00. The van der Waals surface area contributed by atoms with E-state index in [2.05, 4.69) is 0 Å². The molecule has 15 heavy (non-hydrogen) atoms. The van der Waals surface area contributed by atoms with Gasteiger partial charge in [-0.2, -0.15) is 0 Å². The monoisotopic (exact) mass is 208 g/mol. The van der Waals surface area contributed by atoms with E-state index in [1.54, 1.807) is 6.07 Å². The van der Waals surface area contributed by atoms with Crippen LogP contribution in [0.5, 0.6) is 0 Å². The van der Waals surface area contributed by atoms with Crippen LogP contribution in [0.25, 0.3) is 11.0 Å². The van der Waals surface area contributed by atoms with Crippen molar-refractivity contribution in [1.82, 2.24) is 0 Å². The molecule has 3 heteroatoms. The van der Waals surface area contributed by atoms with Crippen molar-refractivity contribution in [2.75, 3.05) is 6.61 Å². The molecule has 1 aromatic carbocycles. The van der Waals surface area contributed by atoms with Crippen LogP contribution in [0.15, 0.2) is 28.9 Å². The summed E-state index contributed by atoms with van der Waals surface area (Å²) in [6.07, 6.45) is 1.53. The van der Waals surface area contributed by atoms with E-state index in [0.29, 0.717) is 11.1 Å². The van der Waals surface area contributed by atoms with Gasteiger partial charge in [-0.25, -0.2) is 4.39 Å². The number of aliphatic hydroxyl groups is 1. The first kappa shape index (κ1) is 10.2. The van der Waals surface area contributed by atoms with Crippen molar-refractivity contribution in [3.05, 3.63) is 35.8 Å². The Balaban J connectivity index is 2.73. The second kappa shape index (κ2) is 3.35. The van der Waals surface area contributed by atoms with E-state index >= 15 is 0 Å². The summed E-state index contributed by atoms with van der Waals surface area (Å²) >= 11 is 0. The summed E-state index contributed by atoms with van der Waals surface area (Å²) in [5.74, 6) is -0.305. The summed E-state index contributed by atoms with van der Waals surface area (Å²) in [6.45, 7) is 3.65. The number of hydrogen-bond donors (Lipinski definition) is 1. The van der Waals surface area contributed by atoms with Gasteiger partial charge >= 0.3 is 0 Å². The van der Waals surface area contributed by atoms with Crippen LogP contribution in [-0.2, 0) is 5.41 Å². The minimum atomic E-state index is -0.502. The minimum Gasteiger partial charge on any atom is -0.464 e. The fourth-order valence-electron chi connectivity index (χ4n) is 1.63. The molecule has 0 saturated carbocycles. The molecule has 1 N–H and O–H groups in total. The Morgan fingerprint density at radius 3 is 2.80 bits per heavy atom. The molecule has 80 valence electrons. The van der Waals surface area contributed by atoms with Gasteiger partial charge in [0.2, 0.25) is 0 Å². The molecular weight excluding hydrogens is 195 g/mol. The maximum Gasteiger partial charge on any atom is 0.137 e. The SMILES string of the molecule is CC(C)(CO)c1cc(F)cc2ccoc12. The van der Waals surface area contributed by atoms with Crippen LogP contribution in [-0.4, -0.2) is 11.7 Å². The van der Waals surface area contributed by atoms with Crippen LogP contribution >= 0.6 is 0 Å². The molecule has 0 atom stereocenters. The quantitative estimate of drug-likeness (QED) is 0.823. The molecule has 0 aliphatic carbocycles. The lowest BCUT2D eigenvalue weighted by atomic mass is 9.84. The van der Waals surface area contributed by atoms with Crippen LogP contribution in [0.1, 0.15) is 19.4 Å². The maximum atomic E-state index is 13.3. The Kier molecular flexibility index (Phi) is 2.27. The van der Waals surface area contributed by atoms with Gasteiger partial charge < -0.3 is 9.52 Å². The largest absolute Gasteiger partial charge is 0.464 e. The van der Waals surface area contributed by atoms with Crippen molar-refractivity contribution in [2.45, 2.75) is 19.3 Å². The highest BCUT2D eigenvalue weighted by atomic mass is 19.1. The topological polar surface area (TPSA) is 33.4 Å². The standard InChI is InChI=1S/C12H13FO2/c1-12(2,7-14)10-6-9(13)5-8-3-4-15-11(8)10/h3-6,14H,7H2,1-2H3. The highest BCUT2D eigenvalue weighted by molar-refractivity contribution is 5.81. The second-order valence-corrected chi connectivity index (χ2v) is 4.33. The van der Waals surface area contributed by atoms with Gasteiger partial charge in [0, 0.05) is 16.4 Å². The number of hydrogen-bond acceptors (Lipinski definition) is 2. The lowest BCUT2D eigenvalue weighted by Gasteiger charge is -2.22. The third kappa shape index (κ3) is 1.63. The fourth-order valence-corrected chi connectivity index (χ4v) is 1.63. The van der Waals surface area contributed by atoms with E-state index < -0.39 is 5.41 Å². The molecule has 2 rings (SSSR count). The predicted octanol–water partition coefficient (Wildman–Crippen LogP) is 2.84. The number of fused-ring (bicyclic) bond motifs is 1. The Bertz CT molecular complexity index is 485. The zero-order valence-electron chi connectivity index (χ0n) is 8.75. The highest BCUT2D eigenvalue weighted by Gasteiger charge is 2.24. The lowest BCUT2D eigenvalue weighted by Crippen LogP contribution is -2.22. The van der Waals surface area contributed by atoms with Gasteiger partial charge in [-0.15, -0.1) is 0 Å². The van der Waals surface area contributed by atoms with E-state index in [-0.39, 0.29) is 12.4 Å². The average Bonchev–Trinajstić information content (AvgIpc) is 2.63. The third-order valence-electron chi connectivity index (χ3n) is 2.64. The highest BCUT2D eigenvalue weighted by Crippen LogP contribution is 2.31. The Morgan fingerprint density at radius 1 is 1.40 bits per heavy atom. The number of aliphatic hydroxyl groups excluding tert-OH is 1. The minimum absolute atomic E-state index is 0.0494. The number of furan rings is 1. The van der Waals surface area contributed by atoms with Crippen molar-refractivity contribution in [2.24, 2.45) is 0 Å². The van der Waals surface area contributed by atoms with Gasteiger partial charge in [0.15, 0.2) is 0 Å². The first-order valence-electron chi connectivity index (χ1n) is 4.83. The average molecular weight is 208 g/mol. The molecular formula is C12H13FO2. The van der Waals surface area contributed by atoms with E-state index in [4.69, 9.17) is 4.42 Å². The van der Waals surface area contributed by atoms with Gasteiger partial charge in [0.05, 0.1) is 12.9 Å². The second-order valence-electron chi connectivity index (χ2n) is 4.33. The van der Waals surface area contributed by atoms with E-state index in [9.17, 15) is 9.50 Å². The van der Waals surface area contributed by atoms with Gasteiger partial charge in [0.25, 0.3) is 0 Å². The smallest absolute Gasteiger partial charge is 0.137 e. The number of halogens is 1. The molecule has 0 amide bonds. The summed E-state index contributed by atoms with van der Waals surface area (Å²) in [4.78, 5) is 0. The van der Waals surface area contributed by atoms with Gasteiger partial charge in [0.1, 0.15) is 11.4 Å². The van der Waals surface area contributed by atoms with E-state index in [1.807, 2.05) is 13.8 Å². The molecule has 0 aliphatic heterocycles. The molecule has 0 bridgehead atoms. The van der Waals surface area contributed by atoms with Crippen LogP contribution < -0.4 is 0 Å². The number of rotatable bonds is 2. The van der Waals surface area contributed by atoms with Gasteiger partial charge in [-0.05, 0) is 18.2 Å². The van der Waals surface area contributed by atoms with E-state index in [1.165, 1.54) is 18.4 Å². The zero-order valence-corrected chi connectivity index (χ0v) is 8.75. The van der Waals surface area contributed by atoms with Crippen LogP contribution in [0, 0.1) is 5.82 Å². The first-order chi connectivity index (χ1) is 7.04. The first-order valence-corrected chi connectivity index (χ1v) is 4.83. The lowest BCUT2D eigenvalue weighted by molar-refractivity contribution is 0.218. The van der Waals surface area contributed by atoms with Crippen LogP contribution in [0.4, 0.5) is 4.39 Å². The van der Waals surface area contributed by atoms with Crippen molar-refractivity contribution >= 4 is 11.0 Å². The maximum absolute atomic E-state index is 13.3. The van der Waals surface area contributed by atoms with Crippen LogP contribution in [0.3, 0.4) is 0 Å². The molecule has 0 saturated heterocycles. The van der Waals surface area contributed by atoms with E-state index in [0.717, 1.165) is 5.39 Å². The van der Waals surface area contributed by atoms with Gasteiger partial charge in [-0.1, -0.05) is 13.8 Å². The van der Waals surface area contributed by atoms with Crippen molar-refractivity contribution < 1.29 is 13.9 Å². The number of benzene rings is 1. The Morgan fingerprint density at radius 2 is 2.13 bits per heavy atom. The molecule has 0 fully saturated rings. The van der Waals surface area contributed by atoms with Crippen molar-refractivity contribution in [3.63, 3.8) is 0 Å². The zero-order chi connectivity index (χ0) is 11.1. The fraction of sp³-hybridized carbons (Fsp3) is 0.333. The summed E-state index contributed by atoms with van der Waals surface area (Å²) in [7, 11) is 0. The molecule has 2 aromatic rings. The molecule has 0 spiro atoms. The molecule has 2 nitrogen and oxygen atoms in total. The molecule has 1 heterocycles. The molecule has 0 radical (unpaired) electrons. The van der Waals surface area contributed by atoms with Gasteiger partial charge in [-0.3, -0.25) is 0 Å².